The van der Waals surface area contributed by atoms with Gasteiger partial charge >= 0.3 is 5.97 Å². The second-order valence-corrected chi connectivity index (χ2v) is 10.4. The van der Waals surface area contributed by atoms with Gasteiger partial charge in [0.25, 0.3) is 0 Å². The standard InChI is InChI=1S/C28H32O4/c1-27(2,3)22(17-24(29)30)19-11-14-20(15-12-19)32-23-16-13-18-9-7-8-10-21(18)25(23)26(31)28(4,5)6/h7-16,22H,17H2,1-6H3,(H,29,30). The minimum atomic E-state index is -0.813. The van der Waals surface area contributed by atoms with Crippen LogP contribution in [0.5, 0.6) is 11.5 Å². The van der Waals surface area contributed by atoms with Gasteiger partial charge in [-0.05, 0) is 45.9 Å². The molecule has 0 saturated heterocycles. The SMILES string of the molecule is CC(C)(C)C(=O)c1c(Oc2ccc(C(CC(=O)O)C(C)(C)C)cc2)ccc2ccccc12. The molecule has 0 amide bonds. The Morgan fingerprint density at radius 3 is 2.06 bits per heavy atom. The van der Waals surface area contributed by atoms with E-state index >= 15 is 0 Å². The van der Waals surface area contributed by atoms with Gasteiger partial charge in [0.2, 0.25) is 0 Å². The summed E-state index contributed by atoms with van der Waals surface area (Å²) in [6.07, 6.45) is 0.0681. The van der Waals surface area contributed by atoms with Crippen molar-refractivity contribution in [2.24, 2.45) is 10.8 Å². The van der Waals surface area contributed by atoms with E-state index < -0.39 is 11.4 Å². The minimum absolute atomic E-state index is 0.0233. The Morgan fingerprint density at radius 2 is 1.50 bits per heavy atom. The molecule has 0 aliphatic carbocycles. The molecule has 0 aliphatic rings. The van der Waals surface area contributed by atoms with E-state index in [1.54, 1.807) is 0 Å². The maximum absolute atomic E-state index is 13.3. The summed E-state index contributed by atoms with van der Waals surface area (Å²) in [7, 11) is 0. The quantitative estimate of drug-likeness (QED) is 0.410. The molecule has 3 aromatic rings. The number of carbonyl (C=O) groups is 2. The van der Waals surface area contributed by atoms with Crippen molar-refractivity contribution in [1.82, 2.24) is 0 Å². The Kier molecular flexibility index (Phi) is 6.45. The Bertz CT molecular complexity index is 1130. The number of fused-ring (bicyclic) bond motifs is 1. The Labute approximate surface area is 190 Å². The molecule has 1 atom stereocenters. The molecule has 1 N–H and O–H groups in total. The summed E-state index contributed by atoms with van der Waals surface area (Å²) < 4.78 is 6.20. The number of rotatable bonds is 6. The van der Waals surface area contributed by atoms with Crippen LogP contribution in [0.25, 0.3) is 10.8 Å². The molecule has 4 heteroatoms. The monoisotopic (exact) mass is 432 g/mol. The third-order valence-electron chi connectivity index (χ3n) is 5.73. The molecule has 0 bridgehead atoms. The number of hydrogen-bond acceptors (Lipinski definition) is 3. The highest BCUT2D eigenvalue weighted by molar-refractivity contribution is 6.12. The van der Waals surface area contributed by atoms with E-state index in [1.807, 2.05) is 102 Å². The van der Waals surface area contributed by atoms with Crippen molar-refractivity contribution in [2.45, 2.75) is 53.9 Å². The first-order chi connectivity index (χ1) is 14.9. The normalized spacial score (nSPS) is 13.1. The van der Waals surface area contributed by atoms with Crippen molar-refractivity contribution in [3.05, 3.63) is 71.8 Å². The van der Waals surface area contributed by atoms with Crippen molar-refractivity contribution in [2.75, 3.05) is 0 Å². The molecule has 3 rings (SSSR count). The predicted molar refractivity (Wildman–Crippen MR) is 129 cm³/mol. The van der Waals surface area contributed by atoms with Gasteiger partial charge in [0, 0.05) is 5.41 Å². The van der Waals surface area contributed by atoms with Crippen molar-refractivity contribution in [1.29, 1.82) is 0 Å². The number of Topliss-reactive ketones (excluding diaryl/α,β-unsaturated/α-hetero) is 1. The third-order valence-corrected chi connectivity index (χ3v) is 5.73. The lowest BCUT2D eigenvalue weighted by atomic mass is 9.74. The second-order valence-electron chi connectivity index (χ2n) is 10.4. The van der Waals surface area contributed by atoms with Crippen LogP contribution in [-0.4, -0.2) is 16.9 Å². The lowest BCUT2D eigenvalue weighted by Crippen LogP contribution is -2.21. The zero-order valence-corrected chi connectivity index (χ0v) is 19.7. The predicted octanol–water partition coefficient (Wildman–Crippen LogP) is 7.47. The Hall–Kier alpha value is -3.14. The van der Waals surface area contributed by atoms with Gasteiger partial charge in [-0.15, -0.1) is 0 Å². The van der Waals surface area contributed by atoms with Crippen LogP contribution in [0, 0.1) is 10.8 Å². The molecule has 32 heavy (non-hydrogen) atoms. The highest BCUT2D eigenvalue weighted by Gasteiger charge is 2.29. The molecule has 0 saturated carbocycles. The van der Waals surface area contributed by atoms with Crippen molar-refractivity contribution in [3.63, 3.8) is 0 Å². The van der Waals surface area contributed by atoms with Crippen LogP contribution >= 0.6 is 0 Å². The number of carboxylic acids is 1. The summed E-state index contributed by atoms with van der Waals surface area (Å²) in [5.74, 6) is 0.221. The first-order valence-electron chi connectivity index (χ1n) is 10.9. The summed E-state index contributed by atoms with van der Waals surface area (Å²) in [6.45, 7) is 11.9. The average molecular weight is 433 g/mol. The zero-order chi connectivity index (χ0) is 23.7. The number of carbonyl (C=O) groups excluding carboxylic acids is 1. The van der Waals surface area contributed by atoms with E-state index in [9.17, 15) is 14.7 Å². The molecule has 0 fully saturated rings. The van der Waals surface area contributed by atoms with Gasteiger partial charge in [0.05, 0.1) is 12.0 Å². The largest absolute Gasteiger partial charge is 0.481 e. The third kappa shape index (κ3) is 5.18. The van der Waals surface area contributed by atoms with E-state index in [2.05, 4.69) is 0 Å². The van der Waals surface area contributed by atoms with Crippen molar-refractivity contribution < 1.29 is 19.4 Å². The number of aliphatic carboxylic acids is 1. The first kappa shape index (κ1) is 23.5. The maximum atomic E-state index is 13.3. The fourth-order valence-electron chi connectivity index (χ4n) is 3.94. The highest BCUT2D eigenvalue weighted by atomic mass is 16.5. The topological polar surface area (TPSA) is 63.6 Å². The van der Waals surface area contributed by atoms with Gasteiger partial charge in [-0.25, -0.2) is 0 Å². The smallest absolute Gasteiger partial charge is 0.303 e. The summed E-state index contributed by atoms with van der Waals surface area (Å²) in [5, 5.41) is 11.2. The van der Waals surface area contributed by atoms with Gasteiger partial charge in [0.1, 0.15) is 11.5 Å². The summed E-state index contributed by atoms with van der Waals surface area (Å²) >= 11 is 0. The van der Waals surface area contributed by atoms with E-state index in [0.717, 1.165) is 16.3 Å². The summed E-state index contributed by atoms with van der Waals surface area (Å²) in [6, 6.07) is 19.1. The van der Waals surface area contributed by atoms with E-state index in [1.165, 1.54) is 0 Å². The fourth-order valence-corrected chi connectivity index (χ4v) is 3.94. The number of hydrogen-bond donors (Lipinski definition) is 1. The van der Waals surface area contributed by atoms with Gasteiger partial charge in [-0.1, -0.05) is 84.0 Å². The molecule has 168 valence electrons. The van der Waals surface area contributed by atoms with Crippen LogP contribution in [0.4, 0.5) is 0 Å². The molecule has 4 nitrogen and oxygen atoms in total. The number of ketones is 1. The molecule has 1 unspecified atom stereocenters. The minimum Gasteiger partial charge on any atom is -0.481 e. The lowest BCUT2D eigenvalue weighted by molar-refractivity contribution is -0.138. The van der Waals surface area contributed by atoms with E-state index in [-0.39, 0.29) is 23.5 Å². The molecular weight excluding hydrogens is 400 g/mol. The van der Waals surface area contributed by atoms with Gasteiger partial charge < -0.3 is 9.84 Å². The Balaban J connectivity index is 2.00. The van der Waals surface area contributed by atoms with E-state index in [4.69, 9.17) is 4.74 Å². The van der Waals surface area contributed by atoms with Crippen LogP contribution in [0.15, 0.2) is 60.7 Å². The molecule has 0 aromatic heterocycles. The Morgan fingerprint density at radius 1 is 0.875 bits per heavy atom. The van der Waals surface area contributed by atoms with Gasteiger partial charge in [0.15, 0.2) is 5.78 Å². The van der Waals surface area contributed by atoms with Crippen molar-refractivity contribution in [3.8, 4) is 11.5 Å². The molecule has 0 spiro atoms. The zero-order valence-electron chi connectivity index (χ0n) is 19.7. The maximum Gasteiger partial charge on any atom is 0.303 e. The molecule has 0 aliphatic heterocycles. The number of benzene rings is 3. The molecular formula is C28H32O4. The lowest BCUT2D eigenvalue weighted by Gasteiger charge is -2.30. The van der Waals surface area contributed by atoms with Crippen LogP contribution in [0.3, 0.4) is 0 Å². The first-order valence-corrected chi connectivity index (χ1v) is 10.9. The molecule has 0 radical (unpaired) electrons. The molecule has 0 heterocycles. The second kappa shape index (κ2) is 8.78. The summed E-state index contributed by atoms with van der Waals surface area (Å²) in [4.78, 5) is 24.7. The summed E-state index contributed by atoms with van der Waals surface area (Å²) in [5.41, 5.74) is 0.795. The highest BCUT2D eigenvalue weighted by Crippen LogP contribution is 2.40. The van der Waals surface area contributed by atoms with E-state index in [0.29, 0.717) is 17.1 Å². The molecule has 3 aromatic carbocycles. The van der Waals surface area contributed by atoms with Crippen LogP contribution in [0.1, 0.15) is 69.8 Å². The van der Waals surface area contributed by atoms with Gasteiger partial charge in [-0.3, -0.25) is 9.59 Å². The average Bonchev–Trinajstić information content (AvgIpc) is 2.70. The van der Waals surface area contributed by atoms with Crippen molar-refractivity contribution >= 4 is 22.5 Å². The number of ether oxygens (including phenoxy) is 1. The van der Waals surface area contributed by atoms with Crippen LogP contribution in [-0.2, 0) is 4.79 Å². The fraction of sp³-hybridized carbons (Fsp3) is 0.357. The van der Waals surface area contributed by atoms with Crippen LogP contribution < -0.4 is 4.74 Å². The number of carboxylic acid groups (broad SMARTS) is 1. The van der Waals surface area contributed by atoms with Crippen LogP contribution in [0.2, 0.25) is 0 Å². The van der Waals surface area contributed by atoms with Gasteiger partial charge in [-0.2, -0.15) is 0 Å².